The third-order valence-electron chi connectivity index (χ3n) is 3.01. The van der Waals surface area contributed by atoms with Crippen LogP contribution in [0.2, 0.25) is 0 Å². The molecule has 1 aromatic carbocycles. The molecule has 0 amide bonds. The maximum Gasteiger partial charge on any atom is 0.132 e. The Bertz CT molecular complexity index is 360. The Morgan fingerprint density at radius 1 is 1.07 bits per heavy atom. The Morgan fingerprint density at radius 2 is 1.67 bits per heavy atom. The molecule has 78 valence electrons. The van der Waals surface area contributed by atoms with Gasteiger partial charge in [-0.3, -0.25) is 4.79 Å². The third kappa shape index (κ3) is 2.29. The fourth-order valence-corrected chi connectivity index (χ4v) is 2.08. The molecule has 0 unspecified atom stereocenters. The quantitative estimate of drug-likeness (QED) is 0.692. The van der Waals surface area contributed by atoms with Gasteiger partial charge in [0.15, 0.2) is 0 Å². The van der Waals surface area contributed by atoms with Crippen molar-refractivity contribution in [1.29, 1.82) is 0 Å². The van der Waals surface area contributed by atoms with Crippen molar-refractivity contribution in [2.24, 2.45) is 5.18 Å². The van der Waals surface area contributed by atoms with Gasteiger partial charge < -0.3 is 0 Å². The normalized spacial score (nSPS) is 17.7. The van der Waals surface area contributed by atoms with Crippen molar-refractivity contribution in [3.8, 4) is 0 Å². The van der Waals surface area contributed by atoms with Crippen LogP contribution >= 0.6 is 0 Å². The Labute approximate surface area is 88.5 Å². The fourth-order valence-electron chi connectivity index (χ4n) is 2.08. The maximum atomic E-state index is 11.1. The van der Waals surface area contributed by atoms with Gasteiger partial charge in [0.05, 0.1) is 0 Å². The van der Waals surface area contributed by atoms with Gasteiger partial charge in [0.25, 0.3) is 0 Å². The van der Waals surface area contributed by atoms with E-state index in [0.29, 0.717) is 30.2 Å². The lowest BCUT2D eigenvalue weighted by Gasteiger charge is -2.21. The summed E-state index contributed by atoms with van der Waals surface area (Å²) in [6.07, 6.45) is 3.26. The molecule has 1 aromatic rings. The highest BCUT2D eigenvalue weighted by molar-refractivity contribution is 5.79. The Balaban J connectivity index is 2.09. The number of rotatable bonds is 2. The molecule has 2 rings (SSSR count). The van der Waals surface area contributed by atoms with Crippen molar-refractivity contribution in [3.05, 3.63) is 34.7 Å². The Morgan fingerprint density at radius 3 is 2.20 bits per heavy atom. The van der Waals surface area contributed by atoms with E-state index in [4.69, 9.17) is 0 Å². The number of Topliss-reactive ketones (excluding diaryl/α,β-unsaturated/α-hetero) is 1. The van der Waals surface area contributed by atoms with Crippen LogP contribution in [-0.2, 0) is 4.79 Å². The highest BCUT2D eigenvalue weighted by Crippen LogP contribution is 2.31. The van der Waals surface area contributed by atoms with Crippen LogP contribution in [-0.4, -0.2) is 5.78 Å². The molecule has 15 heavy (non-hydrogen) atoms. The summed E-state index contributed by atoms with van der Waals surface area (Å²) in [4.78, 5) is 21.3. The first-order valence-corrected chi connectivity index (χ1v) is 5.24. The van der Waals surface area contributed by atoms with Crippen molar-refractivity contribution in [1.82, 2.24) is 0 Å². The van der Waals surface area contributed by atoms with Gasteiger partial charge in [-0.05, 0) is 41.6 Å². The van der Waals surface area contributed by atoms with Crippen molar-refractivity contribution < 1.29 is 4.79 Å². The van der Waals surface area contributed by atoms with Gasteiger partial charge in [-0.1, -0.05) is 12.1 Å². The van der Waals surface area contributed by atoms with E-state index in [2.05, 4.69) is 5.18 Å². The van der Waals surface area contributed by atoms with Crippen LogP contribution in [0.4, 0.5) is 5.69 Å². The van der Waals surface area contributed by atoms with Gasteiger partial charge in [-0.2, -0.15) is 0 Å². The molecule has 0 aliphatic heterocycles. The fraction of sp³-hybridized carbons (Fsp3) is 0.417. The van der Waals surface area contributed by atoms with Crippen LogP contribution in [0.5, 0.6) is 0 Å². The molecule has 3 heteroatoms. The number of benzene rings is 1. The molecule has 1 fully saturated rings. The summed E-state index contributed by atoms with van der Waals surface area (Å²) in [6, 6.07) is 7.35. The zero-order valence-electron chi connectivity index (χ0n) is 8.48. The van der Waals surface area contributed by atoms with Gasteiger partial charge in [0.1, 0.15) is 11.5 Å². The summed E-state index contributed by atoms with van der Waals surface area (Å²) >= 11 is 0. The van der Waals surface area contributed by atoms with E-state index < -0.39 is 0 Å². The zero-order chi connectivity index (χ0) is 10.7. The molecule has 0 N–H and O–H groups in total. The lowest BCUT2D eigenvalue weighted by Crippen LogP contribution is -2.12. The average molecular weight is 203 g/mol. The second-order valence-corrected chi connectivity index (χ2v) is 4.00. The summed E-state index contributed by atoms with van der Waals surface area (Å²) < 4.78 is 0. The minimum Gasteiger partial charge on any atom is -0.300 e. The summed E-state index contributed by atoms with van der Waals surface area (Å²) in [5.41, 5.74) is 1.68. The summed E-state index contributed by atoms with van der Waals surface area (Å²) in [6.45, 7) is 0. The van der Waals surface area contributed by atoms with Crippen molar-refractivity contribution in [2.45, 2.75) is 31.6 Å². The van der Waals surface area contributed by atoms with Gasteiger partial charge in [0, 0.05) is 12.8 Å². The first kappa shape index (κ1) is 10.0. The summed E-state index contributed by atoms with van der Waals surface area (Å²) in [7, 11) is 0. The van der Waals surface area contributed by atoms with E-state index in [9.17, 15) is 9.70 Å². The Kier molecular flexibility index (Phi) is 2.90. The van der Waals surface area contributed by atoms with Crippen LogP contribution in [0.25, 0.3) is 0 Å². The average Bonchev–Trinajstić information content (AvgIpc) is 2.30. The second-order valence-electron chi connectivity index (χ2n) is 4.00. The molecule has 0 bridgehead atoms. The topological polar surface area (TPSA) is 46.5 Å². The molecular weight excluding hydrogens is 190 g/mol. The molecule has 0 radical (unpaired) electrons. The minimum atomic E-state index is 0.373. The number of nitroso groups, excluding NO2 is 1. The highest BCUT2D eigenvalue weighted by Gasteiger charge is 2.19. The van der Waals surface area contributed by atoms with Crippen LogP contribution < -0.4 is 0 Å². The second kappa shape index (κ2) is 4.34. The van der Waals surface area contributed by atoms with Crippen molar-refractivity contribution in [3.63, 3.8) is 0 Å². The van der Waals surface area contributed by atoms with Gasteiger partial charge >= 0.3 is 0 Å². The summed E-state index contributed by atoms with van der Waals surface area (Å²) in [5.74, 6) is 0.848. The predicted molar refractivity (Wildman–Crippen MR) is 58.1 cm³/mol. The number of carbonyl (C=O) groups is 1. The van der Waals surface area contributed by atoms with Crippen molar-refractivity contribution in [2.75, 3.05) is 0 Å². The largest absolute Gasteiger partial charge is 0.300 e. The van der Waals surface area contributed by atoms with E-state index in [-0.39, 0.29) is 0 Å². The van der Waals surface area contributed by atoms with Crippen LogP contribution in [0, 0.1) is 4.91 Å². The molecule has 0 atom stereocenters. The van der Waals surface area contributed by atoms with E-state index in [1.807, 2.05) is 12.1 Å². The van der Waals surface area contributed by atoms with Gasteiger partial charge in [-0.15, -0.1) is 4.91 Å². The minimum absolute atomic E-state index is 0.373. The molecular formula is C12H13NO2. The standard InChI is InChI=1S/C12H13NO2/c14-12-7-3-10(4-8-12)9-1-5-11(13-15)6-2-9/h1-2,5-6,10H,3-4,7-8H2. The first-order valence-electron chi connectivity index (χ1n) is 5.24. The third-order valence-corrected chi connectivity index (χ3v) is 3.01. The highest BCUT2D eigenvalue weighted by atomic mass is 16.3. The summed E-state index contributed by atoms with van der Waals surface area (Å²) in [5, 5.41) is 2.86. The van der Waals surface area contributed by atoms with E-state index in [0.717, 1.165) is 12.8 Å². The molecule has 0 heterocycles. The van der Waals surface area contributed by atoms with Crippen molar-refractivity contribution >= 4 is 11.5 Å². The molecule has 1 aliphatic rings. The molecule has 0 spiro atoms. The van der Waals surface area contributed by atoms with E-state index in [1.54, 1.807) is 12.1 Å². The zero-order valence-corrected chi connectivity index (χ0v) is 8.48. The monoisotopic (exact) mass is 203 g/mol. The lowest BCUT2D eigenvalue weighted by atomic mass is 9.83. The van der Waals surface area contributed by atoms with Gasteiger partial charge in [0.2, 0.25) is 0 Å². The number of nitrogens with zero attached hydrogens (tertiary/aromatic N) is 1. The predicted octanol–water partition coefficient (Wildman–Crippen LogP) is 3.31. The SMILES string of the molecule is O=Nc1ccc(C2CCC(=O)CC2)cc1. The molecule has 0 aromatic heterocycles. The van der Waals surface area contributed by atoms with Crippen LogP contribution in [0.3, 0.4) is 0 Å². The number of ketones is 1. The molecule has 1 saturated carbocycles. The smallest absolute Gasteiger partial charge is 0.132 e. The molecule has 3 nitrogen and oxygen atoms in total. The number of hydrogen-bond donors (Lipinski definition) is 0. The van der Waals surface area contributed by atoms with Crippen LogP contribution in [0.15, 0.2) is 29.4 Å². The Hall–Kier alpha value is -1.51. The lowest BCUT2D eigenvalue weighted by molar-refractivity contribution is -0.120. The van der Waals surface area contributed by atoms with E-state index >= 15 is 0 Å². The first-order chi connectivity index (χ1) is 7.29. The maximum absolute atomic E-state index is 11.1. The van der Waals surface area contributed by atoms with E-state index in [1.165, 1.54) is 5.56 Å². The number of carbonyl (C=O) groups excluding carboxylic acids is 1. The van der Waals surface area contributed by atoms with Gasteiger partial charge in [-0.25, -0.2) is 0 Å². The molecule has 0 saturated heterocycles. The van der Waals surface area contributed by atoms with Crippen LogP contribution in [0.1, 0.15) is 37.2 Å². The number of hydrogen-bond acceptors (Lipinski definition) is 3. The molecule has 1 aliphatic carbocycles.